The highest BCUT2D eigenvalue weighted by Crippen LogP contribution is 2.40. The third-order valence-electron chi connectivity index (χ3n) is 2.69. The van der Waals surface area contributed by atoms with Crippen molar-refractivity contribution in [2.75, 3.05) is 27.8 Å². The van der Waals surface area contributed by atoms with Gasteiger partial charge in [0.25, 0.3) is 0 Å². The van der Waals surface area contributed by atoms with E-state index in [1.165, 1.54) is 0 Å². The zero-order valence-corrected chi connectivity index (χ0v) is 12.7. The molecular formula is C13H18BrNO3. The van der Waals surface area contributed by atoms with E-state index >= 15 is 0 Å². The van der Waals surface area contributed by atoms with Crippen LogP contribution in [0, 0.1) is 0 Å². The lowest BCUT2D eigenvalue weighted by Gasteiger charge is -2.17. The zero-order chi connectivity index (χ0) is 13.7. The molecule has 0 saturated heterocycles. The molecule has 100 valence electrons. The standard InChI is InChI=1S/C13H18BrNO3/c1-5-8-9(11(16)7-15-2)6-10(14)13(18-4)12(8)17-3/h6,15H,5,7H2,1-4H3. The van der Waals surface area contributed by atoms with Crippen LogP contribution in [0.5, 0.6) is 11.5 Å². The Balaban J connectivity index is 3.44. The fourth-order valence-electron chi connectivity index (χ4n) is 1.91. The first-order valence-corrected chi connectivity index (χ1v) is 6.51. The molecule has 0 spiro atoms. The minimum Gasteiger partial charge on any atom is -0.493 e. The van der Waals surface area contributed by atoms with Crippen molar-refractivity contribution >= 4 is 21.7 Å². The number of halogens is 1. The van der Waals surface area contributed by atoms with Gasteiger partial charge in [0.15, 0.2) is 17.3 Å². The summed E-state index contributed by atoms with van der Waals surface area (Å²) >= 11 is 3.40. The van der Waals surface area contributed by atoms with Gasteiger partial charge < -0.3 is 14.8 Å². The van der Waals surface area contributed by atoms with E-state index < -0.39 is 0 Å². The van der Waals surface area contributed by atoms with E-state index in [-0.39, 0.29) is 5.78 Å². The van der Waals surface area contributed by atoms with Crippen molar-refractivity contribution in [3.05, 3.63) is 21.7 Å². The number of hydrogen-bond donors (Lipinski definition) is 1. The molecular weight excluding hydrogens is 298 g/mol. The van der Waals surface area contributed by atoms with Gasteiger partial charge in [-0.25, -0.2) is 0 Å². The minimum atomic E-state index is 0.0380. The van der Waals surface area contributed by atoms with Crippen LogP contribution in [0.4, 0.5) is 0 Å². The van der Waals surface area contributed by atoms with Gasteiger partial charge in [0.2, 0.25) is 0 Å². The maximum absolute atomic E-state index is 12.1. The largest absolute Gasteiger partial charge is 0.493 e. The fourth-order valence-corrected chi connectivity index (χ4v) is 2.48. The SMILES string of the molecule is CCc1c(C(=O)CNC)cc(Br)c(OC)c1OC. The summed E-state index contributed by atoms with van der Waals surface area (Å²) in [6.45, 7) is 2.29. The van der Waals surface area contributed by atoms with E-state index in [4.69, 9.17) is 9.47 Å². The van der Waals surface area contributed by atoms with E-state index in [1.807, 2.05) is 6.92 Å². The number of methoxy groups -OCH3 is 2. The van der Waals surface area contributed by atoms with Crippen molar-refractivity contribution in [2.45, 2.75) is 13.3 Å². The summed E-state index contributed by atoms with van der Waals surface area (Å²) in [5.74, 6) is 1.28. The third-order valence-corrected chi connectivity index (χ3v) is 3.28. The number of nitrogens with one attached hydrogen (secondary N) is 1. The Morgan fingerprint density at radius 3 is 2.39 bits per heavy atom. The van der Waals surface area contributed by atoms with Crippen LogP contribution in [0.2, 0.25) is 0 Å². The molecule has 0 radical (unpaired) electrons. The third kappa shape index (κ3) is 2.84. The van der Waals surface area contributed by atoms with Gasteiger partial charge in [-0.3, -0.25) is 4.79 Å². The number of rotatable bonds is 6. The van der Waals surface area contributed by atoms with Crippen molar-refractivity contribution in [3.8, 4) is 11.5 Å². The Morgan fingerprint density at radius 1 is 1.33 bits per heavy atom. The van der Waals surface area contributed by atoms with Crippen molar-refractivity contribution in [1.29, 1.82) is 0 Å². The first-order chi connectivity index (χ1) is 8.60. The molecule has 0 aliphatic carbocycles. The van der Waals surface area contributed by atoms with Gasteiger partial charge in [0.1, 0.15) is 0 Å². The van der Waals surface area contributed by atoms with E-state index in [0.29, 0.717) is 30.0 Å². The molecule has 0 aliphatic rings. The van der Waals surface area contributed by atoms with Crippen molar-refractivity contribution < 1.29 is 14.3 Å². The van der Waals surface area contributed by atoms with Crippen LogP contribution in [-0.2, 0) is 6.42 Å². The normalized spacial score (nSPS) is 10.3. The maximum atomic E-state index is 12.1. The number of carbonyl (C=O) groups is 1. The van der Waals surface area contributed by atoms with Crippen molar-refractivity contribution in [3.63, 3.8) is 0 Å². The smallest absolute Gasteiger partial charge is 0.177 e. The molecule has 1 aromatic carbocycles. The Hall–Kier alpha value is -1.07. The number of ether oxygens (including phenoxy) is 2. The summed E-state index contributed by atoms with van der Waals surface area (Å²) in [7, 11) is 4.91. The molecule has 0 atom stereocenters. The van der Waals surface area contributed by atoms with E-state index in [1.54, 1.807) is 27.3 Å². The Morgan fingerprint density at radius 2 is 1.94 bits per heavy atom. The minimum absolute atomic E-state index is 0.0380. The average Bonchev–Trinajstić information content (AvgIpc) is 2.37. The molecule has 0 unspecified atom stereocenters. The fraction of sp³-hybridized carbons (Fsp3) is 0.462. The van der Waals surface area contributed by atoms with Crippen LogP contribution >= 0.6 is 15.9 Å². The highest BCUT2D eigenvalue weighted by atomic mass is 79.9. The summed E-state index contributed by atoms with van der Waals surface area (Å²) in [4.78, 5) is 12.1. The Kier molecular flexibility index (Phi) is 5.62. The predicted octanol–water partition coefficient (Wildman–Crippen LogP) is 2.43. The molecule has 18 heavy (non-hydrogen) atoms. The molecule has 0 amide bonds. The number of carbonyl (C=O) groups excluding carboxylic acids is 1. The molecule has 1 rings (SSSR count). The molecule has 0 bridgehead atoms. The van der Waals surface area contributed by atoms with Crippen LogP contribution in [-0.4, -0.2) is 33.6 Å². The second kappa shape index (κ2) is 6.75. The lowest BCUT2D eigenvalue weighted by Crippen LogP contribution is -2.20. The quantitative estimate of drug-likeness (QED) is 0.819. The lowest BCUT2D eigenvalue weighted by atomic mass is 9.99. The Labute approximate surface area is 116 Å². The highest BCUT2D eigenvalue weighted by Gasteiger charge is 2.20. The van der Waals surface area contributed by atoms with Gasteiger partial charge in [-0.05, 0) is 35.5 Å². The summed E-state index contributed by atoms with van der Waals surface area (Å²) in [6, 6.07) is 1.79. The van der Waals surface area contributed by atoms with Gasteiger partial charge in [0, 0.05) is 11.1 Å². The number of ketones is 1. The second-order valence-electron chi connectivity index (χ2n) is 3.76. The lowest BCUT2D eigenvalue weighted by molar-refractivity contribution is 0.0992. The molecule has 0 aromatic heterocycles. The average molecular weight is 316 g/mol. The van der Waals surface area contributed by atoms with Crippen molar-refractivity contribution in [2.24, 2.45) is 0 Å². The van der Waals surface area contributed by atoms with Gasteiger partial charge >= 0.3 is 0 Å². The summed E-state index contributed by atoms with van der Waals surface area (Å²) in [5, 5.41) is 2.87. The van der Waals surface area contributed by atoms with E-state index in [0.717, 1.165) is 10.0 Å². The van der Waals surface area contributed by atoms with E-state index in [2.05, 4.69) is 21.2 Å². The van der Waals surface area contributed by atoms with Gasteiger partial charge in [0.05, 0.1) is 25.2 Å². The molecule has 0 saturated carbocycles. The Bertz CT molecular complexity index is 446. The summed E-state index contributed by atoms with van der Waals surface area (Å²) in [5.41, 5.74) is 1.54. The molecule has 1 aromatic rings. The first kappa shape index (κ1) is 15.0. The van der Waals surface area contributed by atoms with Crippen molar-refractivity contribution in [1.82, 2.24) is 5.32 Å². The predicted molar refractivity (Wildman–Crippen MR) is 74.9 cm³/mol. The molecule has 5 heteroatoms. The van der Waals surface area contributed by atoms with Crippen LogP contribution in [0.1, 0.15) is 22.8 Å². The molecule has 4 nitrogen and oxygen atoms in total. The second-order valence-corrected chi connectivity index (χ2v) is 4.61. The van der Waals surface area contributed by atoms with Crippen LogP contribution in [0.15, 0.2) is 10.5 Å². The molecule has 1 N–H and O–H groups in total. The summed E-state index contributed by atoms with van der Waals surface area (Å²) in [6.07, 6.45) is 0.706. The molecule has 0 heterocycles. The number of Topliss-reactive ketones (excluding diaryl/α,β-unsaturated/α-hetero) is 1. The maximum Gasteiger partial charge on any atom is 0.177 e. The molecule has 0 fully saturated rings. The first-order valence-electron chi connectivity index (χ1n) is 5.71. The van der Waals surface area contributed by atoms with Crippen LogP contribution in [0.3, 0.4) is 0 Å². The van der Waals surface area contributed by atoms with E-state index in [9.17, 15) is 4.79 Å². The zero-order valence-electron chi connectivity index (χ0n) is 11.1. The number of hydrogen-bond acceptors (Lipinski definition) is 4. The molecule has 0 aliphatic heterocycles. The van der Waals surface area contributed by atoms with Crippen LogP contribution in [0.25, 0.3) is 0 Å². The highest BCUT2D eigenvalue weighted by molar-refractivity contribution is 9.10. The number of likely N-dealkylation sites (N-methyl/N-ethyl adjacent to an activating group) is 1. The number of benzene rings is 1. The monoisotopic (exact) mass is 315 g/mol. The topological polar surface area (TPSA) is 47.6 Å². The van der Waals surface area contributed by atoms with Crippen LogP contribution < -0.4 is 14.8 Å². The van der Waals surface area contributed by atoms with Gasteiger partial charge in [-0.2, -0.15) is 0 Å². The summed E-state index contributed by atoms with van der Waals surface area (Å²) < 4.78 is 11.4. The van der Waals surface area contributed by atoms with Gasteiger partial charge in [-0.15, -0.1) is 0 Å². The van der Waals surface area contributed by atoms with Gasteiger partial charge in [-0.1, -0.05) is 6.92 Å².